The van der Waals surface area contributed by atoms with Crippen LogP contribution in [0.5, 0.6) is 0 Å². The fourth-order valence-electron chi connectivity index (χ4n) is 2.78. The second-order valence-electron chi connectivity index (χ2n) is 8.12. The van der Waals surface area contributed by atoms with Gasteiger partial charge in [-0.25, -0.2) is 4.79 Å². The molecule has 0 unspecified atom stereocenters. The Morgan fingerprint density at radius 3 is 2.31 bits per heavy atom. The van der Waals surface area contributed by atoms with E-state index in [-0.39, 0.29) is 18.4 Å². The Morgan fingerprint density at radius 1 is 1.08 bits per heavy atom. The molecule has 7 nitrogen and oxygen atoms in total. The predicted octanol–water partition coefficient (Wildman–Crippen LogP) is 1.83. The number of carbonyl (C=O) groups excluding carboxylic acids is 3. The molecule has 1 aliphatic carbocycles. The predicted molar refractivity (Wildman–Crippen MR) is 98.4 cm³/mol. The molecule has 26 heavy (non-hydrogen) atoms. The van der Waals surface area contributed by atoms with Gasteiger partial charge < -0.3 is 20.3 Å². The van der Waals surface area contributed by atoms with Gasteiger partial charge in [-0.15, -0.1) is 0 Å². The molecule has 0 aromatic rings. The van der Waals surface area contributed by atoms with Gasteiger partial charge >= 0.3 is 6.09 Å². The van der Waals surface area contributed by atoms with Crippen LogP contribution >= 0.6 is 0 Å². The molecule has 1 aliphatic heterocycles. The Hall–Kier alpha value is -2.05. The lowest BCUT2D eigenvalue weighted by Crippen LogP contribution is -2.46. The largest absolute Gasteiger partial charge is 0.444 e. The highest BCUT2D eigenvalue weighted by Gasteiger charge is 2.24. The fraction of sp³-hybridized carbons (Fsp3) is 0.737. The van der Waals surface area contributed by atoms with Crippen molar-refractivity contribution in [3.05, 3.63) is 12.2 Å². The third-order valence-electron chi connectivity index (χ3n) is 4.46. The minimum absolute atomic E-state index is 0.0306. The molecule has 2 aliphatic rings. The van der Waals surface area contributed by atoms with Crippen LogP contribution in [-0.2, 0) is 14.3 Å². The number of piperidine rings is 1. The van der Waals surface area contributed by atoms with E-state index in [4.69, 9.17) is 4.74 Å². The molecule has 1 saturated heterocycles. The molecule has 0 aromatic heterocycles. The average molecular weight is 365 g/mol. The number of nitrogens with one attached hydrogen (secondary N) is 2. The molecular formula is C19H31N3O4. The molecule has 0 atom stereocenters. The van der Waals surface area contributed by atoms with Crippen LogP contribution in [0.2, 0.25) is 0 Å². The van der Waals surface area contributed by atoms with Crippen LogP contribution in [0.3, 0.4) is 0 Å². The number of ether oxygens (including phenoxy) is 1. The van der Waals surface area contributed by atoms with Crippen LogP contribution in [-0.4, -0.2) is 54.6 Å². The zero-order valence-electron chi connectivity index (χ0n) is 16.0. The molecule has 0 bridgehead atoms. The molecule has 0 radical (unpaired) electrons. The van der Waals surface area contributed by atoms with E-state index in [1.54, 1.807) is 31.7 Å². The summed E-state index contributed by atoms with van der Waals surface area (Å²) in [5.41, 5.74) is -0.580. The maximum absolute atomic E-state index is 12.2. The lowest BCUT2D eigenvalue weighted by Gasteiger charge is -2.32. The summed E-state index contributed by atoms with van der Waals surface area (Å²) < 4.78 is 5.12. The van der Waals surface area contributed by atoms with Crippen LogP contribution in [0, 0.1) is 11.8 Å². The van der Waals surface area contributed by atoms with Gasteiger partial charge in [0.25, 0.3) is 0 Å². The Kier molecular flexibility index (Phi) is 7.06. The number of carbonyl (C=O) groups is 3. The SMILES string of the molecule is CC(C)(C)OC(=O)NCC(=O)N1CCC(CNC(=O)/C=C/C2CC2)CC1. The van der Waals surface area contributed by atoms with E-state index in [2.05, 4.69) is 10.6 Å². The van der Waals surface area contributed by atoms with Gasteiger partial charge in [0.05, 0.1) is 0 Å². The van der Waals surface area contributed by atoms with E-state index >= 15 is 0 Å². The van der Waals surface area contributed by atoms with Crippen LogP contribution in [0.4, 0.5) is 4.79 Å². The van der Waals surface area contributed by atoms with Crippen LogP contribution in [0.25, 0.3) is 0 Å². The molecule has 0 aromatic carbocycles. The van der Waals surface area contributed by atoms with Gasteiger partial charge in [-0.2, -0.15) is 0 Å². The summed E-state index contributed by atoms with van der Waals surface area (Å²) in [6.07, 6.45) is 7.13. The smallest absolute Gasteiger partial charge is 0.408 e. The van der Waals surface area contributed by atoms with Crippen molar-refractivity contribution in [3.8, 4) is 0 Å². The van der Waals surface area contributed by atoms with Crippen molar-refractivity contribution < 1.29 is 19.1 Å². The molecule has 3 amide bonds. The highest BCUT2D eigenvalue weighted by molar-refractivity contribution is 5.87. The van der Waals surface area contributed by atoms with Crippen LogP contribution in [0.15, 0.2) is 12.2 Å². The minimum Gasteiger partial charge on any atom is -0.444 e. The van der Waals surface area contributed by atoms with Crippen molar-refractivity contribution in [2.24, 2.45) is 11.8 Å². The van der Waals surface area contributed by atoms with Gasteiger partial charge in [0, 0.05) is 19.6 Å². The Balaban J connectivity index is 1.60. The molecule has 0 spiro atoms. The van der Waals surface area contributed by atoms with Crippen molar-refractivity contribution in [2.45, 2.75) is 52.1 Å². The van der Waals surface area contributed by atoms with Gasteiger partial charge in [-0.1, -0.05) is 6.08 Å². The Bertz CT molecular complexity index is 541. The molecule has 2 N–H and O–H groups in total. The maximum atomic E-state index is 12.2. The third-order valence-corrected chi connectivity index (χ3v) is 4.46. The Labute approximate surface area is 155 Å². The van der Waals surface area contributed by atoms with Gasteiger partial charge in [-0.3, -0.25) is 9.59 Å². The summed E-state index contributed by atoms with van der Waals surface area (Å²) in [5.74, 6) is 0.850. The molecule has 2 rings (SSSR count). The van der Waals surface area contributed by atoms with Gasteiger partial charge in [-0.05, 0) is 64.4 Å². The maximum Gasteiger partial charge on any atom is 0.408 e. The number of allylic oxidation sites excluding steroid dienone is 1. The van der Waals surface area contributed by atoms with E-state index in [0.717, 1.165) is 12.8 Å². The normalized spacial score (nSPS) is 18.7. The summed E-state index contributed by atoms with van der Waals surface area (Å²) in [4.78, 5) is 37.2. The van der Waals surface area contributed by atoms with Crippen LogP contribution in [0.1, 0.15) is 46.5 Å². The number of likely N-dealkylation sites (tertiary alicyclic amines) is 1. The summed E-state index contributed by atoms with van der Waals surface area (Å²) in [5, 5.41) is 5.44. The van der Waals surface area contributed by atoms with Gasteiger partial charge in [0.2, 0.25) is 11.8 Å². The molecule has 7 heteroatoms. The summed E-state index contributed by atoms with van der Waals surface area (Å²) >= 11 is 0. The standard InChI is InChI=1S/C19H31N3O4/c1-19(2,3)26-18(25)21-13-17(24)22-10-8-15(9-11-22)12-20-16(23)7-6-14-4-5-14/h6-7,14-15H,4-5,8-13H2,1-3H3,(H,20,23)(H,21,25)/b7-6+. The molecule has 1 heterocycles. The van der Waals surface area contributed by atoms with E-state index in [0.29, 0.717) is 31.5 Å². The zero-order valence-corrected chi connectivity index (χ0v) is 16.0. The lowest BCUT2D eigenvalue weighted by molar-refractivity contribution is -0.131. The summed E-state index contributed by atoms with van der Waals surface area (Å²) in [7, 11) is 0. The highest BCUT2D eigenvalue weighted by Crippen LogP contribution is 2.29. The quantitative estimate of drug-likeness (QED) is 0.703. The van der Waals surface area contributed by atoms with Crippen molar-refractivity contribution in [1.82, 2.24) is 15.5 Å². The molecule has 2 fully saturated rings. The monoisotopic (exact) mass is 365 g/mol. The minimum atomic E-state index is -0.581. The number of alkyl carbamates (subject to hydrolysis) is 1. The third kappa shape index (κ3) is 7.89. The summed E-state index contributed by atoms with van der Waals surface area (Å²) in [6.45, 7) is 7.22. The van der Waals surface area contributed by atoms with Crippen molar-refractivity contribution in [3.63, 3.8) is 0 Å². The first-order valence-corrected chi connectivity index (χ1v) is 9.43. The number of hydrogen-bond acceptors (Lipinski definition) is 4. The lowest BCUT2D eigenvalue weighted by atomic mass is 9.96. The molecule has 146 valence electrons. The molecular weight excluding hydrogens is 334 g/mol. The van der Waals surface area contributed by atoms with E-state index < -0.39 is 11.7 Å². The number of hydrogen-bond donors (Lipinski definition) is 2. The molecule has 1 saturated carbocycles. The first kappa shape index (κ1) is 20.3. The number of rotatable bonds is 6. The zero-order chi connectivity index (χ0) is 19.2. The van der Waals surface area contributed by atoms with E-state index in [1.165, 1.54) is 12.8 Å². The van der Waals surface area contributed by atoms with Gasteiger partial charge in [0.15, 0.2) is 0 Å². The second-order valence-corrected chi connectivity index (χ2v) is 8.12. The first-order valence-electron chi connectivity index (χ1n) is 9.43. The summed E-state index contributed by atoms with van der Waals surface area (Å²) in [6, 6.07) is 0. The number of nitrogens with zero attached hydrogens (tertiary/aromatic N) is 1. The first-order chi connectivity index (χ1) is 12.2. The van der Waals surface area contributed by atoms with Crippen molar-refractivity contribution in [1.29, 1.82) is 0 Å². The van der Waals surface area contributed by atoms with Gasteiger partial charge in [0.1, 0.15) is 12.1 Å². The Morgan fingerprint density at radius 2 is 1.73 bits per heavy atom. The average Bonchev–Trinajstić information content (AvgIpc) is 3.39. The van der Waals surface area contributed by atoms with Crippen molar-refractivity contribution in [2.75, 3.05) is 26.2 Å². The highest BCUT2D eigenvalue weighted by atomic mass is 16.6. The second kappa shape index (κ2) is 9.05. The van der Waals surface area contributed by atoms with Crippen LogP contribution < -0.4 is 10.6 Å². The van der Waals surface area contributed by atoms with Crippen molar-refractivity contribution >= 4 is 17.9 Å². The number of amides is 3. The fourth-order valence-corrected chi connectivity index (χ4v) is 2.78. The van der Waals surface area contributed by atoms with E-state index in [1.807, 2.05) is 6.08 Å². The van der Waals surface area contributed by atoms with E-state index in [9.17, 15) is 14.4 Å². The topological polar surface area (TPSA) is 87.7 Å².